The molecule has 0 atom stereocenters. The zero-order chi connectivity index (χ0) is 17.8. The fourth-order valence-corrected chi connectivity index (χ4v) is 2.59. The molecule has 0 bridgehead atoms. The van der Waals surface area contributed by atoms with Gasteiger partial charge in [0.2, 0.25) is 0 Å². The number of rotatable bonds is 6. The average Bonchev–Trinajstić information content (AvgIpc) is 2.61. The van der Waals surface area contributed by atoms with Crippen LogP contribution in [0.15, 0.2) is 54.6 Å². The summed E-state index contributed by atoms with van der Waals surface area (Å²) >= 11 is 0. The number of carboxylic acid groups (broad SMARTS) is 1. The standard InChI is InChI=1S/C20H18O5/c1-2-24-15-8-6-13(7-9-15)12-25-19-11-16-14(4-3-5-18(16)21)10-17(19)20(22)23/h3-11,21H,2,12H2,1H3,(H,22,23). The maximum absolute atomic E-state index is 11.5. The minimum Gasteiger partial charge on any atom is -0.507 e. The van der Waals surface area contributed by atoms with Gasteiger partial charge in [0.1, 0.15) is 29.4 Å². The second-order valence-electron chi connectivity index (χ2n) is 5.52. The van der Waals surface area contributed by atoms with Crippen LogP contribution in [0.3, 0.4) is 0 Å². The first-order valence-corrected chi connectivity index (χ1v) is 7.92. The molecular weight excluding hydrogens is 320 g/mol. The lowest BCUT2D eigenvalue weighted by Gasteiger charge is -2.12. The Hall–Kier alpha value is -3.21. The van der Waals surface area contributed by atoms with Crippen molar-refractivity contribution >= 4 is 16.7 Å². The van der Waals surface area contributed by atoms with Crippen molar-refractivity contribution in [2.24, 2.45) is 0 Å². The third kappa shape index (κ3) is 3.66. The second kappa shape index (κ2) is 7.13. The van der Waals surface area contributed by atoms with Crippen molar-refractivity contribution in [1.29, 1.82) is 0 Å². The smallest absolute Gasteiger partial charge is 0.339 e. The van der Waals surface area contributed by atoms with Gasteiger partial charge in [-0.3, -0.25) is 0 Å². The SMILES string of the molecule is CCOc1ccc(COc2cc3c(O)cccc3cc2C(=O)O)cc1. The summed E-state index contributed by atoms with van der Waals surface area (Å²) in [7, 11) is 0. The van der Waals surface area contributed by atoms with Gasteiger partial charge in [0.15, 0.2) is 0 Å². The molecule has 25 heavy (non-hydrogen) atoms. The molecule has 0 spiro atoms. The molecule has 2 N–H and O–H groups in total. The number of carboxylic acids is 1. The van der Waals surface area contributed by atoms with Crippen molar-refractivity contribution in [3.05, 3.63) is 65.7 Å². The van der Waals surface area contributed by atoms with Crippen LogP contribution in [0.1, 0.15) is 22.8 Å². The number of hydrogen-bond donors (Lipinski definition) is 2. The van der Waals surface area contributed by atoms with E-state index in [1.165, 1.54) is 6.07 Å². The first-order valence-electron chi connectivity index (χ1n) is 7.92. The van der Waals surface area contributed by atoms with Gasteiger partial charge < -0.3 is 19.7 Å². The lowest BCUT2D eigenvalue weighted by atomic mass is 10.0. The molecule has 3 aromatic rings. The summed E-state index contributed by atoms with van der Waals surface area (Å²) in [6, 6.07) is 15.4. The van der Waals surface area contributed by atoms with Crippen LogP contribution in [-0.4, -0.2) is 22.8 Å². The molecule has 0 radical (unpaired) electrons. The van der Waals surface area contributed by atoms with E-state index in [9.17, 15) is 15.0 Å². The van der Waals surface area contributed by atoms with Crippen LogP contribution in [0, 0.1) is 0 Å². The first-order chi connectivity index (χ1) is 12.1. The van der Waals surface area contributed by atoms with E-state index in [1.807, 2.05) is 31.2 Å². The summed E-state index contributed by atoms with van der Waals surface area (Å²) in [6.07, 6.45) is 0. The molecule has 3 aromatic carbocycles. The highest BCUT2D eigenvalue weighted by molar-refractivity contribution is 5.99. The largest absolute Gasteiger partial charge is 0.507 e. The summed E-state index contributed by atoms with van der Waals surface area (Å²) in [5.41, 5.74) is 0.946. The summed E-state index contributed by atoms with van der Waals surface area (Å²) in [4.78, 5) is 11.5. The monoisotopic (exact) mass is 338 g/mol. The van der Waals surface area contributed by atoms with Crippen molar-refractivity contribution in [2.75, 3.05) is 6.61 Å². The third-order valence-electron chi connectivity index (χ3n) is 3.82. The third-order valence-corrected chi connectivity index (χ3v) is 3.82. The normalized spacial score (nSPS) is 10.6. The fourth-order valence-electron chi connectivity index (χ4n) is 2.59. The van der Waals surface area contributed by atoms with Crippen molar-refractivity contribution in [2.45, 2.75) is 13.5 Å². The van der Waals surface area contributed by atoms with Crippen molar-refractivity contribution in [3.63, 3.8) is 0 Å². The highest BCUT2D eigenvalue weighted by atomic mass is 16.5. The van der Waals surface area contributed by atoms with E-state index in [4.69, 9.17) is 9.47 Å². The number of hydrogen-bond acceptors (Lipinski definition) is 4. The maximum Gasteiger partial charge on any atom is 0.339 e. The Morgan fingerprint density at radius 2 is 1.80 bits per heavy atom. The van der Waals surface area contributed by atoms with E-state index in [0.29, 0.717) is 17.4 Å². The summed E-state index contributed by atoms with van der Waals surface area (Å²) in [5, 5.41) is 20.6. The molecule has 0 heterocycles. The predicted octanol–water partition coefficient (Wildman–Crippen LogP) is 4.22. The molecule has 5 nitrogen and oxygen atoms in total. The Kier molecular flexibility index (Phi) is 4.75. The summed E-state index contributed by atoms with van der Waals surface area (Å²) < 4.78 is 11.1. The molecule has 0 aliphatic rings. The Morgan fingerprint density at radius 3 is 2.48 bits per heavy atom. The molecule has 0 saturated carbocycles. The highest BCUT2D eigenvalue weighted by Gasteiger charge is 2.14. The summed E-state index contributed by atoms with van der Waals surface area (Å²) in [6.45, 7) is 2.73. The van der Waals surface area contributed by atoms with Gasteiger partial charge in [-0.25, -0.2) is 4.79 Å². The second-order valence-corrected chi connectivity index (χ2v) is 5.52. The van der Waals surface area contributed by atoms with Crippen LogP contribution in [0.25, 0.3) is 10.8 Å². The lowest BCUT2D eigenvalue weighted by molar-refractivity contribution is 0.0692. The van der Waals surface area contributed by atoms with Crippen molar-refractivity contribution in [1.82, 2.24) is 0 Å². The topological polar surface area (TPSA) is 76.0 Å². The molecular formula is C20H18O5. The predicted molar refractivity (Wildman–Crippen MR) is 94.5 cm³/mol. The minimum absolute atomic E-state index is 0.0593. The van der Waals surface area contributed by atoms with Crippen LogP contribution >= 0.6 is 0 Å². The van der Waals surface area contributed by atoms with Crippen LogP contribution in [-0.2, 0) is 6.61 Å². The zero-order valence-corrected chi connectivity index (χ0v) is 13.7. The van der Waals surface area contributed by atoms with Crippen LogP contribution in [0.2, 0.25) is 0 Å². The van der Waals surface area contributed by atoms with Crippen molar-refractivity contribution < 1.29 is 24.5 Å². The molecule has 128 valence electrons. The van der Waals surface area contributed by atoms with Gasteiger partial charge in [0, 0.05) is 5.39 Å². The Labute approximate surface area is 145 Å². The van der Waals surface area contributed by atoms with Crippen LogP contribution in [0.5, 0.6) is 17.2 Å². The van der Waals surface area contributed by atoms with Crippen molar-refractivity contribution in [3.8, 4) is 17.2 Å². The number of benzene rings is 3. The molecule has 0 aliphatic carbocycles. The number of ether oxygens (including phenoxy) is 2. The molecule has 0 aliphatic heterocycles. The zero-order valence-electron chi connectivity index (χ0n) is 13.7. The van der Waals surface area contributed by atoms with E-state index >= 15 is 0 Å². The number of phenols is 1. The number of phenolic OH excluding ortho intramolecular Hbond substituents is 1. The van der Waals surface area contributed by atoms with E-state index in [2.05, 4.69) is 0 Å². The lowest BCUT2D eigenvalue weighted by Crippen LogP contribution is -2.04. The molecule has 0 saturated heterocycles. The van der Waals surface area contributed by atoms with Gasteiger partial charge in [-0.2, -0.15) is 0 Å². The van der Waals surface area contributed by atoms with Gasteiger partial charge >= 0.3 is 5.97 Å². The van der Waals surface area contributed by atoms with E-state index in [-0.39, 0.29) is 23.7 Å². The van der Waals surface area contributed by atoms with Gasteiger partial charge in [0.25, 0.3) is 0 Å². The summed E-state index contributed by atoms with van der Waals surface area (Å²) in [5.74, 6) is -0.00391. The van der Waals surface area contributed by atoms with Gasteiger partial charge in [-0.15, -0.1) is 0 Å². The van der Waals surface area contributed by atoms with Crippen LogP contribution < -0.4 is 9.47 Å². The first kappa shape index (κ1) is 16.6. The Bertz CT molecular complexity index is 900. The van der Waals surface area contributed by atoms with E-state index < -0.39 is 5.97 Å². The molecule has 3 rings (SSSR count). The molecule has 5 heteroatoms. The maximum atomic E-state index is 11.5. The molecule has 0 unspecified atom stereocenters. The van der Waals surface area contributed by atoms with Crippen LogP contribution in [0.4, 0.5) is 0 Å². The molecule has 0 fully saturated rings. The molecule has 0 amide bonds. The number of aromatic carboxylic acids is 1. The van der Waals surface area contributed by atoms with E-state index in [0.717, 1.165) is 11.3 Å². The molecule has 0 aromatic heterocycles. The van der Waals surface area contributed by atoms with Gasteiger partial charge in [0.05, 0.1) is 6.61 Å². The minimum atomic E-state index is -1.08. The van der Waals surface area contributed by atoms with E-state index in [1.54, 1.807) is 24.3 Å². The number of aromatic hydroxyl groups is 1. The average molecular weight is 338 g/mol. The number of fused-ring (bicyclic) bond motifs is 1. The fraction of sp³-hybridized carbons (Fsp3) is 0.150. The highest BCUT2D eigenvalue weighted by Crippen LogP contribution is 2.32. The Morgan fingerprint density at radius 1 is 1.04 bits per heavy atom. The van der Waals surface area contributed by atoms with Gasteiger partial charge in [-0.1, -0.05) is 24.3 Å². The Balaban J connectivity index is 1.87. The quantitative estimate of drug-likeness (QED) is 0.704. The number of carbonyl (C=O) groups is 1. The van der Waals surface area contributed by atoms with Gasteiger partial charge in [-0.05, 0) is 48.2 Å².